The molecule has 1 atom stereocenters. The van der Waals surface area contributed by atoms with Gasteiger partial charge in [-0.25, -0.2) is 9.07 Å². The van der Waals surface area contributed by atoms with Crippen molar-refractivity contribution in [1.29, 1.82) is 0 Å². The molecule has 2 aromatic rings. The fourth-order valence-electron chi connectivity index (χ4n) is 2.10. The number of nitrogens with zero attached hydrogens (tertiary/aromatic N) is 2. The van der Waals surface area contributed by atoms with Crippen molar-refractivity contribution >= 4 is 5.91 Å². The van der Waals surface area contributed by atoms with E-state index in [1.54, 1.807) is 6.92 Å². The SMILES string of the molecule is CC(N)CCNC(=O)c1cnn(-c2ccccc2F)c1C(F)(F)F. The summed E-state index contributed by atoms with van der Waals surface area (Å²) >= 11 is 0. The summed E-state index contributed by atoms with van der Waals surface area (Å²) in [5.74, 6) is -1.82. The van der Waals surface area contributed by atoms with Crippen molar-refractivity contribution in [1.82, 2.24) is 15.1 Å². The number of halogens is 4. The molecule has 24 heavy (non-hydrogen) atoms. The maximum absolute atomic E-state index is 13.8. The fraction of sp³-hybridized carbons (Fsp3) is 0.333. The van der Waals surface area contributed by atoms with Crippen LogP contribution in [-0.4, -0.2) is 28.3 Å². The van der Waals surface area contributed by atoms with Crippen molar-refractivity contribution in [3.8, 4) is 5.69 Å². The minimum absolute atomic E-state index is 0.124. The summed E-state index contributed by atoms with van der Waals surface area (Å²) in [7, 11) is 0. The number of amides is 1. The highest BCUT2D eigenvalue weighted by molar-refractivity contribution is 5.95. The van der Waals surface area contributed by atoms with Crippen LogP contribution in [0.2, 0.25) is 0 Å². The average molecular weight is 344 g/mol. The number of nitrogens with one attached hydrogen (secondary N) is 1. The molecular weight excluding hydrogens is 328 g/mol. The van der Waals surface area contributed by atoms with Gasteiger partial charge in [0.15, 0.2) is 5.69 Å². The number of hydrogen-bond acceptors (Lipinski definition) is 3. The molecule has 3 N–H and O–H groups in total. The van der Waals surface area contributed by atoms with E-state index < -0.39 is 29.2 Å². The van der Waals surface area contributed by atoms with E-state index >= 15 is 0 Å². The van der Waals surface area contributed by atoms with Crippen molar-refractivity contribution in [2.45, 2.75) is 25.6 Å². The third-order valence-electron chi connectivity index (χ3n) is 3.25. The van der Waals surface area contributed by atoms with Gasteiger partial charge in [-0.1, -0.05) is 12.1 Å². The Hall–Kier alpha value is -2.42. The smallest absolute Gasteiger partial charge is 0.352 e. The number of para-hydroxylation sites is 1. The monoisotopic (exact) mass is 344 g/mol. The van der Waals surface area contributed by atoms with Gasteiger partial charge < -0.3 is 11.1 Å². The largest absolute Gasteiger partial charge is 0.434 e. The number of rotatable bonds is 5. The van der Waals surface area contributed by atoms with Gasteiger partial charge in [-0.3, -0.25) is 4.79 Å². The first-order valence-corrected chi connectivity index (χ1v) is 7.15. The minimum Gasteiger partial charge on any atom is -0.352 e. The second-order valence-electron chi connectivity index (χ2n) is 5.29. The zero-order valence-electron chi connectivity index (χ0n) is 12.8. The van der Waals surface area contributed by atoms with Crippen LogP contribution >= 0.6 is 0 Å². The molecule has 0 spiro atoms. The second kappa shape index (κ2) is 7.00. The van der Waals surface area contributed by atoms with Gasteiger partial charge in [0.05, 0.1) is 11.8 Å². The van der Waals surface area contributed by atoms with Crippen LogP contribution in [0, 0.1) is 5.82 Å². The third kappa shape index (κ3) is 3.91. The van der Waals surface area contributed by atoms with E-state index in [4.69, 9.17) is 5.73 Å². The molecule has 5 nitrogen and oxygen atoms in total. The molecule has 0 radical (unpaired) electrons. The number of benzene rings is 1. The molecule has 0 aliphatic rings. The number of alkyl halides is 3. The summed E-state index contributed by atoms with van der Waals surface area (Å²) in [6.07, 6.45) is -3.70. The van der Waals surface area contributed by atoms with Crippen LogP contribution in [0.25, 0.3) is 5.69 Å². The second-order valence-corrected chi connectivity index (χ2v) is 5.29. The van der Waals surface area contributed by atoms with Gasteiger partial charge in [-0.05, 0) is 25.5 Å². The first-order valence-electron chi connectivity index (χ1n) is 7.15. The average Bonchev–Trinajstić information content (AvgIpc) is 2.92. The highest BCUT2D eigenvalue weighted by Crippen LogP contribution is 2.34. The Labute approximate surface area is 135 Å². The number of carbonyl (C=O) groups excluding carboxylic acids is 1. The standard InChI is InChI=1S/C15H16F4N4O/c1-9(20)6-7-21-14(24)10-8-22-23(13(10)15(17,18)19)12-5-3-2-4-11(12)16/h2-5,8-9H,6-7,20H2,1H3,(H,21,24). The van der Waals surface area contributed by atoms with Crippen LogP contribution in [0.5, 0.6) is 0 Å². The van der Waals surface area contributed by atoms with Crippen molar-refractivity contribution in [3.63, 3.8) is 0 Å². The molecule has 1 amide bonds. The van der Waals surface area contributed by atoms with E-state index in [1.807, 2.05) is 0 Å². The quantitative estimate of drug-likeness (QED) is 0.819. The predicted molar refractivity (Wildman–Crippen MR) is 79.1 cm³/mol. The Morgan fingerprint density at radius 1 is 1.38 bits per heavy atom. The molecule has 2 rings (SSSR count). The molecule has 0 saturated carbocycles. The molecule has 0 aliphatic carbocycles. The van der Waals surface area contributed by atoms with Crippen molar-refractivity contribution in [2.24, 2.45) is 5.73 Å². The molecule has 9 heteroatoms. The van der Waals surface area contributed by atoms with Crippen LogP contribution in [0.15, 0.2) is 30.5 Å². The highest BCUT2D eigenvalue weighted by Gasteiger charge is 2.40. The first-order chi connectivity index (χ1) is 11.2. The first kappa shape index (κ1) is 17.9. The number of carbonyl (C=O) groups is 1. The lowest BCUT2D eigenvalue weighted by atomic mass is 10.2. The van der Waals surface area contributed by atoms with Gasteiger partial charge in [0.2, 0.25) is 0 Å². The van der Waals surface area contributed by atoms with Gasteiger partial charge in [-0.15, -0.1) is 0 Å². The Balaban J connectivity index is 2.41. The fourth-order valence-corrected chi connectivity index (χ4v) is 2.10. The lowest BCUT2D eigenvalue weighted by Gasteiger charge is -2.13. The van der Waals surface area contributed by atoms with E-state index in [2.05, 4.69) is 10.4 Å². The van der Waals surface area contributed by atoms with Gasteiger partial charge in [0, 0.05) is 12.6 Å². The number of aromatic nitrogens is 2. The summed E-state index contributed by atoms with van der Waals surface area (Å²) in [5, 5.41) is 5.91. The molecule has 0 bridgehead atoms. The van der Waals surface area contributed by atoms with E-state index in [1.165, 1.54) is 12.1 Å². The Morgan fingerprint density at radius 3 is 2.62 bits per heavy atom. The lowest BCUT2D eigenvalue weighted by molar-refractivity contribution is -0.143. The topological polar surface area (TPSA) is 72.9 Å². The van der Waals surface area contributed by atoms with Crippen LogP contribution < -0.4 is 11.1 Å². The summed E-state index contributed by atoms with van der Waals surface area (Å²) in [6.45, 7) is 1.84. The van der Waals surface area contributed by atoms with E-state index in [-0.39, 0.29) is 18.3 Å². The van der Waals surface area contributed by atoms with Crippen LogP contribution in [0.1, 0.15) is 29.4 Å². The van der Waals surface area contributed by atoms with Crippen LogP contribution in [0.4, 0.5) is 17.6 Å². The van der Waals surface area contributed by atoms with E-state index in [0.29, 0.717) is 11.1 Å². The Bertz CT molecular complexity index is 725. The lowest BCUT2D eigenvalue weighted by Crippen LogP contribution is -2.30. The summed E-state index contributed by atoms with van der Waals surface area (Å²) < 4.78 is 54.3. The van der Waals surface area contributed by atoms with E-state index in [9.17, 15) is 22.4 Å². The predicted octanol–water partition coefficient (Wildman–Crippen LogP) is 2.50. The molecule has 1 aromatic carbocycles. The molecular formula is C15H16F4N4O. The Kier molecular flexibility index (Phi) is 5.23. The molecule has 130 valence electrons. The van der Waals surface area contributed by atoms with Gasteiger partial charge >= 0.3 is 6.18 Å². The molecule has 0 fully saturated rings. The maximum atomic E-state index is 13.8. The third-order valence-corrected chi connectivity index (χ3v) is 3.25. The van der Waals surface area contributed by atoms with Crippen molar-refractivity contribution < 1.29 is 22.4 Å². The highest BCUT2D eigenvalue weighted by atomic mass is 19.4. The molecule has 1 unspecified atom stereocenters. The van der Waals surface area contributed by atoms with Gasteiger partial charge in [0.25, 0.3) is 5.91 Å². The molecule has 1 aromatic heterocycles. The van der Waals surface area contributed by atoms with Gasteiger partial charge in [0.1, 0.15) is 11.5 Å². The minimum atomic E-state index is -4.88. The molecule has 0 saturated heterocycles. The summed E-state index contributed by atoms with van der Waals surface area (Å²) in [4.78, 5) is 12.0. The number of hydrogen-bond donors (Lipinski definition) is 2. The molecule has 1 heterocycles. The van der Waals surface area contributed by atoms with Crippen molar-refractivity contribution in [3.05, 3.63) is 47.5 Å². The van der Waals surface area contributed by atoms with Crippen molar-refractivity contribution in [2.75, 3.05) is 6.54 Å². The Morgan fingerprint density at radius 2 is 2.04 bits per heavy atom. The zero-order chi connectivity index (χ0) is 17.9. The van der Waals surface area contributed by atoms with Gasteiger partial charge in [-0.2, -0.15) is 18.3 Å². The summed E-state index contributed by atoms with van der Waals surface area (Å²) in [6, 6.07) is 4.68. The van der Waals surface area contributed by atoms with Crippen LogP contribution in [-0.2, 0) is 6.18 Å². The van der Waals surface area contributed by atoms with Crippen LogP contribution in [0.3, 0.4) is 0 Å². The zero-order valence-corrected chi connectivity index (χ0v) is 12.8. The molecule has 0 aliphatic heterocycles. The van der Waals surface area contributed by atoms with E-state index in [0.717, 1.165) is 18.3 Å². The normalized spacial score (nSPS) is 12.9. The summed E-state index contributed by atoms with van der Waals surface area (Å²) in [5.41, 5.74) is 3.14. The number of nitrogens with two attached hydrogens (primary N) is 1. The maximum Gasteiger partial charge on any atom is 0.434 e.